The van der Waals surface area contributed by atoms with Gasteiger partial charge in [-0.1, -0.05) is 0 Å². The molecule has 0 saturated carbocycles. The molecule has 0 atom stereocenters. The Hall–Kier alpha value is -2.96. The fraction of sp³-hybridized carbons (Fsp3) is 0.0667. The highest BCUT2D eigenvalue weighted by atomic mass is 19.1. The minimum Gasteiger partial charge on any atom is -0.448 e. The summed E-state index contributed by atoms with van der Waals surface area (Å²) in [7, 11) is 0. The molecule has 3 rings (SSSR count). The Balaban J connectivity index is 2.16. The Labute approximate surface area is 123 Å². The summed E-state index contributed by atoms with van der Waals surface area (Å²) in [6, 6.07) is 3.60. The van der Waals surface area contributed by atoms with E-state index in [4.69, 9.17) is 10.2 Å². The van der Waals surface area contributed by atoms with E-state index in [1.165, 1.54) is 19.3 Å². The molecule has 0 spiro atoms. The van der Waals surface area contributed by atoms with E-state index >= 15 is 0 Å². The van der Waals surface area contributed by atoms with Crippen LogP contribution in [0.2, 0.25) is 0 Å². The van der Waals surface area contributed by atoms with Crippen molar-refractivity contribution in [2.75, 3.05) is 5.32 Å². The number of fused-ring (bicyclic) bond motifs is 1. The molecule has 0 aliphatic heterocycles. The van der Waals surface area contributed by atoms with Crippen LogP contribution in [-0.2, 0) is 0 Å². The van der Waals surface area contributed by atoms with Gasteiger partial charge in [0.25, 0.3) is 5.91 Å². The highest BCUT2D eigenvalue weighted by Crippen LogP contribution is 2.33. The molecule has 0 unspecified atom stereocenters. The van der Waals surface area contributed by atoms with Gasteiger partial charge in [0.05, 0.1) is 11.1 Å². The maximum Gasteiger partial charge on any atom is 0.286 e. The van der Waals surface area contributed by atoms with Gasteiger partial charge in [0.1, 0.15) is 22.9 Å². The second-order valence-electron chi connectivity index (χ2n) is 4.75. The number of amides is 1. The summed E-state index contributed by atoms with van der Waals surface area (Å²) in [4.78, 5) is 15.4. The molecule has 1 aromatic carbocycles. The highest BCUT2D eigenvalue weighted by molar-refractivity contribution is 6.06. The number of primary amides is 1. The van der Waals surface area contributed by atoms with Crippen molar-refractivity contribution in [3.8, 4) is 0 Å². The third-order valence-corrected chi connectivity index (χ3v) is 3.22. The molecule has 0 fully saturated rings. The molecular weight excluding hydrogens is 292 g/mol. The Morgan fingerprint density at radius 3 is 2.82 bits per heavy atom. The zero-order chi connectivity index (χ0) is 15.9. The quantitative estimate of drug-likeness (QED) is 0.778. The fourth-order valence-corrected chi connectivity index (χ4v) is 2.12. The topological polar surface area (TPSA) is 81.1 Å². The van der Waals surface area contributed by atoms with Crippen LogP contribution >= 0.6 is 0 Å². The van der Waals surface area contributed by atoms with E-state index in [1.807, 2.05) is 0 Å². The first kappa shape index (κ1) is 14.0. The molecule has 0 radical (unpaired) electrons. The van der Waals surface area contributed by atoms with Gasteiger partial charge < -0.3 is 15.5 Å². The molecule has 2 heterocycles. The van der Waals surface area contributed by atoms with Crippen molar-refractivity contribution in [3.63, 3.8) is 0 Å². The molecule has 0 saturated heterocycles. The lowest BCUT2D eigenvalue weighted by Crippen LogP contribution is -2.12. The fourth-order valence-electron chi connectivity index (χ4n) is 2.12. The van der Waals surface area contributed by atoms with Crippen molar-refractivity contribution in [1.29, 1.82) is 0 Å². The van der Waals surface area contributed by atoms with E-state index in [0.717, 1.165) is 12.1 Å². The number of nitrogens with zero attached hydrogens (tertiary/aromatic N) is 1. The predicted molar refractivity (Wildman–Crippen MR) is 76.9 cm³/mol. The third kappa shape index (κ3) is 2.26. The van der Waals surface area contributed by atoms with Crippen LogP contribution in [0.5, 0.6) is 0 Å². The number of pyridine rings is 1. The minimum absolute atomic E-state index is 0.128. The number of carbonyl (C=O) groups excluding carboxylic acids is 1. The molecule has 3 N–H and O–H groups in total. The molecule has 2 aromatic heterocycles. The van der Waals surface area contributed by atoms with Crippen molar-refractivity contribution in [1.82, 2.24) is 4.98 Å². The first-order chi connectivity index (χ1) is 10.5. The van der Waals surface area contributed by atoms with Crippen LogP contribution in [0.25, 0.3) is 11.0 Å². The summed E-state index contributed by atoms with van der Waals surface area (Å²) in [6.45, 7) is 1.45. The molecule has 5 nitrogen and oxygen atoms in total. The smallest absolute Gasteiger partial charge is 0.286 e. The molecule has 1 amide bonds. The maximum absolute atomic E-state index is 14.0. The van der Waals surface area contributed by atoms with Crippen molar-refractivity contribution in [3.05, 3.63) is 53.6 Å². The van der Waals surface area contributed by atoms with Crippen LogP contribution in [-0.4, -0.2) is 10.9 Å². The Morgan fingerprint density at radius 1 is 1.32 bits per heavy atom. The van der Waals surface area contributed by atoms with Gasteiger partial charge in [0.15, 0.2) is 0 Å². The summed E-state index contributed by atoms with van der Waals surface area (Å²) in [6.07, 6.45) is 2.92. The van der Waals surface area contributed by atoms with Crippen molar-refractivity contribution in [2.45, 2.75) is 6.92 Å². The zero-order valence-electron chi connectivity index (χ0n) is 11.5. The van der Waals surface area contributed by atoms with E-state index in [0.29, 0.717) is 11.0 Å². The number of anilines is 2. The molecule has 0 aliphatic rings. The minimum atomic E-state index is -0.827. The second kappa shape index (κ2) is 5.10. The number of aryl methyl sites for hydroxylation is 1. The number of halogens is 2. The van der Waals surface area contributed by atoms with Crippen LogP contribution in [0.3, 0.4) is 0 Å². The number of nitrogens with two attached hydrogens (primary N) is 1. The van der Waals surface area contributed by atoms with E-state index in [2.05, 4.69) is 10.3 Å². The average molecular weight is 303 g/mol. The lowest BCUT2D eigenvalue weighted by Gasteiger charge is -2.08. The first-order valence-corrected chi connectivity index (χ1v) is 6.36. The van der Waals surface area contributed by atoms with Gasteiger partial charge in [-0.15, -0.1) is 0 Å². The summed E-state index contributed by atoms with van der Waals surface area (Å²) in [5, 5.41) is 3.10. The van der Waals surface area contributed by atoms with E-state index in [1.54, 1.807) is 6.07 Å². The van der Waals surface area contributed by atoms with Crippen molar-refractivity contribution in [2.24, 2.45) is 5.73 Å². The summed E-state index contributed by atoms with van der Waals surface area (Å²) >= 11 is 0. The number of aromatic nitrogens is 1. The van der Waals surface area contributed by atoms with Gasteiger partial charge in [0, 0.05) is 18.5 Å². The molecule has 22 heavy (non-hydrogen) atoms. The average Bonchev–Trinajstić information content (AvgIpc) is 2.84. The van der Waals surface area contributed by atoms with Crippen LogP contribution in [0, 0.1) is 18.6 Å². The van der Waals surface area contributed by atoms with Gasteiger partial charge in [-0.2, -0.15) is 0 Å². The Bertz CT molecular complexity index is 890. The Morgan fingerprint density at radius 2 is 2.09 bits per heavy atom. The van der Waals surface area contributed by atoms with Crippen molar-refractivity contribution >= 4 is 28.3 Å². The standard InChI is InChI=1S/C15H11F2N3O2/c1-7-4-10(17)11(5-9(7)16)20-13-8-6-19-3-2-12(8)22-14(13)15(18)21/h2-6,20H,1H3,(H2,18,21). The molecule has 0 bridgehead atoms. The summed E-state index contributed by atoms with van der Waals surface area (Å²) < 4.78 is 32.9. The SMILES string of the molecule is Cc1cc(F)c(Nc2c(C(N)=O)oc3ccncc23)cc1F. The van der Waals surface area contributed by atoms with Crippen molar-refractivity contribution < 1.29 is 18.0 Å². The first-order valence-electron chi connectivity index (χ1n) is 6.36. The van der Waals surface area contributed by atoms with Gasteiger partial charge >= 0.3 is 0 Å². The highest BCUT2D eigenvalue weighted by Gasteiger charge is 2.20. The number of rotatable bonds is 3. The molecule has 112 valence electrons. The maximum atomic E-state index is 14.0. The Kier molecular flexibility index (Phi) is 3.25. The summed E-state index contributed by atoms with van der Waals surface area (Å²) in [5.74, 6) is -2.24. The van der Waals surface area contributed by atoms with E-state index in [-0.39, 0.29) is 22.7 Å². The number of furan rings is 1. The van der Waals surface area contributed by atoms with Crippen LogP contribution in [0.4, 0.5) is 20.2 Å². The van der Waals surface area contributed by atoms with E-state index < -0.39 is 17.5 Å². The second-order valence-corrected chi connectivity index (χ2v) is 4.75. The van der Waals surface area contributed by atoms with E-state index in [9.17, 15) is 13.6 Å². The lowest BCUT2D eigenvalue weighted by molar-refractivity contribution is 0.0977. The predicted octanol–water partition coefficient (Wildman–Crippen LogP) is 3.26. The van der Waals surface area contributed by atoms with Crippen LogP contribution in [0.1, 0.15) is 16.1 Å². The largest absolute Gasteiger partial charge is 0.448 e. The van der Waals surface area contributed by atoms with Gasteiger partial charge in [-0.25, -0.2) is 8.78 Å². The van der Waals surface area contributed by atoms with Crippen LogP contribution in [0.15, 0.2) is 35.0 Å². The molecule has 7 heteroatoms. The number of benzene rings is 1. The molecule has 0 aliphatic carbocycles. The monoisotopic (exact) mass is 303 g/mol. The van der Waals surface area contributed by atoms with Gasteiger partial charge in [-0.05, 0) is 24.6 Å². The van der Waals surface area contributed by atoms with Gasteiger partial charge in [0.2, 0.25) is 5.76 Å². The van der Waals surface area contributed by atoms with Crippen LogP contribution < -0.4 is 11.1 Å². The molecule has 3 aromatic rings. The summed E-state index contributed by atoms with van der Waals surface area (Å²) in [5.41, 5.74) is 5.82. The molecular formula is C15H11F2N3O2. The number of hydrogen-bond donors (Lipinski definition) is 2. The number of hydrogen-bond acceptors (Lipinski definition) is 4. The third-order valence-electron chi connectivity index (χ3n) is 3.22. The number of carbonyl (C=O) groups is 1. The zero-order valence-corrected chi connectivity index (χ0v) is 11.5. The van der Waals surface area contributed by atoms with Gasteiger partial charge in [-0.3, -0.25) is 9.78 Å². The number of nitrogens with one attached hydrogen (secondary N) is 1. The normalized spacial score (nSPS) is 10.9. The lowest BCUT2D eigenvalue weighted by atomic mass is 10.2.